The van der Waals surface area contributed by atoms with Crippen molar-refractivity contribution in [1.82, 2.24) is 0 Å². The molecule has 23 heavy (non-hydrogen) atoms. The summed E-state index contributed by atoms with van der Waals surface area (Å²) in [4.78, 5) is 4.73. The molecule has 1 aliphatic heterocycles. The van der Waals surface area contributed by atoms with Crippen molar-refractivity contribution in [2.45, 2.75) is 78.1 Å². The first-order valence-electron chi connectivity index (χ1n) is 9.91. The second kappa shape index (κ2) is 12.7. The summed E-state index contributed by atoms with van der Waals surface area (Å²) in [5.74, 6) is 1.35. The molecule has 1 aliphatic rings. The van der Waals surface area contributed by atoms with Crippen molar-refractivity contribution >= 4 is 5.84 Å². The number of aliphatic hydroxyl groups is 1. The van der Waals surface area contributed by atoms with Crippen molar-refractivity contribution in [1.29, 1.82) is 0 Å². The SMILES string of the molecule is C/C=C/CCCCCCCCCCC1=NCC[N+]1(CC)CCO. The van der Waals surface area contributed by atoms with E-state index in [1.807, 2.05) is 0 Å². The lowest BCUT2D eigenvalue weighted by atomic mass is 10.1. The molecule has 0 saturated heterocycles. The first kappa shape index (κ1) is 20.4. The third-order valence-corrected chi connectivity index (χ3v) is 5.26. The van der Waals surface area contributed by atoms with Crippen molar-refractivity contribution in [2.75, 3.05) is 32.8 Å². The van der Waals surface area contributed by atoms with E-state index in [1.54, 1.807) is 0 Å². The maximum atomic E-state index is 9.33. The molecular formula is C20H39N2O+. The smallest absolute Gasteiger partial charge is 0.198 e. The molecule has 134 valence electrons. The Morgan fingerprint density at radius 1 is 1.04 bits per heavy atom. The average Bonchev–Trinajstić information content (AvgIpc) is 2.96. The average molecular weight is 324 g/mol. The standard InChI is InChI=1S/C20H39N2O/c1-3-5-6-7-8-9-10-11-12-13-14-15-20-21-16-17-22(20,4-2)18-19-23/h3,5,23H,4,6-19H2,1-2H3/q+1/b5-3+. The van der Waals surface area contributed by atoms with Crippen molar-refractivity contribution in [3.05, 3.63) is 12.2 Å². The Morgan fingerprint density at radius 3 is 2.30 bits per heavy atom. The van der Waals surface area contributed by atoms with Gasteiger partial charge in [0.2, 0.25) is 0 Å². The largest absolute Gasteiger partial charge is 0.390 e. The van der Waals surface area contributed by atoms with Gasteiger partial charge in [-0.1, -0.05) is 50.7 Å². The van der Waals surface area contributed by atoms with Gasteiger partial charge >= 0.3 is 0 Å². The van der Waals surface area contributed by atoms with Crippen molar-refractivity contribution in [3.63, 3.8) is 0 Å². The fourth-order valence-electron chi connectivity index (χ4n) is 3.67. The van der Waals surface area contributed by atoms with Gasteiger partial charge in [0, 0.05) is 6.42 Å². The van der Waals surface area contributed by atoms with Crippen LogP contribution in [0.4, 0.5) is 0 Å². The summed E-state index contributed by atoms with van der Waals surface area (Å²) < 4.78 is 0.947. The predicted octanol–water partition coefficient (Wildman–Crippen LogP) is 4.70. The summed E-state index contributed by atoms with van der Waals surface area (Å²) in [5.41, 5.74) is 0. The van der Waals surface area contributed by atoms with Crippen LogP contribution in [0.3, 0.4) is 0 Å². The minimum absolute atomic E-state index is 0.279. The van der Waals surface area contributed by atoms with E-state index in [2.05, 4.69) is 26.0 Å². The first-order valence-corrected chi connectivity index (χ1v) is 9.91. The molecule has 0 saturated carbocycles. The van der Waals surface area contributed by atoms with Gasteiger partial charge < -0.3 is 5.11 Å². The second-order valence-electron chi connectivity index (χ2n) is 6.87. The number of quaternary nitrogens is 1. The van der Waals surface area contributed by atoms with Crippen molar-refractivity contribution in [3.8, 4) is 0 Å². The zero-order chi connectivity index (χ0) is 16.8. The Kier molecular flexibility index (Phi) is 11.3. The minimum atomic E-state index is 0.279. The molecule has 3 nitrogen and oxygen atoms in total. The van der Waals surface area contributed by atoms with Crippen molar-refractivity contribution in [2.24, 2.45) is 4.99 Å². The van der Waals surface area contributed by atoms with E-state index in [4.69, 9.17) is 4.99 Å². The number of hydrogen-bond acceptors (Lipinski definition) is 2. The summed E-state index contributed by atoms with van der Waals surface area (Å²) in [6.07, 6.45) is 17.7. The van der Waals surface area contributed by atoms with Crippen LogP contribution in [0.5, 0.6) is 0 Å². The number of aliphatic hydroxyl groups excluding tert-OH is 1. The maximum Gasteiger partial charge on any atom is 0.198 e. The number of rotatable bonds is 14. The normalized spacial score (nSPS) is 21.3. The highest BCUT2D eigenvalue weighted by Crippen LogP contribution is 2.20. The molecule has 0 spiro atoms. The molecule has 1 atom stereocenters. The van der Waals surface area contributed by atoms with Crippen LogP contribution in [0.2, 0.25) is 0 Å². The Hall–Kier alpha value is -0.670. The van der Waals surface area contributed by atoms with E-state index >= 15 is 0 Å². The molecule has 0 aliphatic carbocycles. The maximum absolute atomic E-state index is 9.33. The van der Waals surface area contributed by atoms with Gasteiger partial charge in [-0.3, -0.25) is 4.48 Å². The molecule has 0 aromatic rings. The van der Waals surface area contributed by atoms with Crippen LogP contribution >= 0.6 is 0 Å². The zero-order valence-electron chi connectivity index (χ0n) is 15.6. The topological polar surface area (TPSA) is 32.6 Å². The summed E-state index contributed by atoms with van der Waals surface area (Å²) >= 11 is 0. The van der Waals surface area contributed by atoms with Crippen molar-refractivity contribution < 1.29 is 9.59 Å². The monoisotopic (exact) mass is 323 g/mol. The Morgan fingerprint density at radius 2 is 1.70 bits per heavy atom. The van der Waals surface area contributed by atoms with Gasteiger partial charge in [0.15, 0.2) is 5.84 Å². The molecule has 1 N–H and O–H groups in total. The molecule has 1 rings (SSSR count). The molecule has 1 unspecified atom stereocenters. The lowest BCUT2D eigenvalue weighted by Gasteiger charge is -2.33. The summed E-state index contributed by atoms with van der Waals surface area (Å²) in [6, 6.07) is 0. The molecule has 0 aromatic carbocycles. The Labute approximate surface area is 144 Å². The lowest BCUT2D eigenvalue weighted by Crippen LogP contribution is -2.52. The number of likely N-dealkylation sites (N-methyl/N-ethyl adjacent to an activating group) is 1. The number of unbranched alkanes of at least 4 members (excludes halogenated alkanes) is 8. The number of hydrogen-bond donors (Lipinski definition) is 1. The third-order valence-electron chi connectivity index (χ3n) is 5.26. The highest BCUT2D eigenvalue weighted by Gasteiger charge is 2.35. The summed E-state index contributed by atoms with van der Waals surface area (Å²) in [6.45, 7) is 8.59. The molecule has 0 fully saturated rings. The second-order valence-corrected chi connectivity index (χ2v) is 6.87. The zero-order valence-corrected chi connectivity index (χ0v) is 15.6. The van der Waals surface area contributed by atoms with Gasteiger partial charge in [-0.05, 0) is 33.1 Å². The molecule has 0 bridgehead atoms. The fraction of sp³-hybridized carbons (Fsp3) is 0.850. The van der Waals surface area contributed by atoms with Crippen LogP contribution < -0.4 is 0 Å². The van der Waals surface area contributed by atoms with E-state index in [0.29, 0.717) is 0 Å². The Balaban J connectivity index is 2.02. The number of aliphatic imine (C=N–C) groups is 1. The number of allylic oxidation sites excluding steroid dienone is 2. The molecule has 0 aromatic heterocycles. The number of amidine groups is 1. The molecule has 0 amide bonds. The lowest BCUT2D eigenvalue weighted by molar-refractivity contribution is -0.835. The first-order chi connectivity index (χ1) is 11.3. The van der Waals surface area contributed by atoms with Gasteiger partial charge in [-0.25, -0.2) is 4.99 Å². The van der Waals surface area contributed by atoms with Gasteiger partial charge in [-0.15, -0.1) is 0 Å². The van der Waals surface area contributed by atoms with Crippen LogP contribution in [0.1, 0.15) is 78.1 Å². The minimum Gasteiger partial charge on any atom is -0.390 e. The predicted molar refractivity (Wildman–Crippen MR) is 101 cm³/mol. The molecule has 3 heteroatoms. The van der Waals surface area contributed by atoms with Gasteiger partial charge in [-0.2, -0.15) is 0 Å². The van der Waals surface area contributed by atoms with E-state index in [-0.39, 0.29) is 6.61 Å². The number of nitrogens with zero attached hydrogens (tertiary/aromatic N) is 2. The van der Waals surface area contributed by atoms with E-state index in [9.17, 15) is 5.11 Å². The van der Waals surface area contributed by atoms with Gasteiger partial charge in [0.25, 0.3) is 0 Å². The molecular weight excluding hydrogens is 284 g/mol. The van der Waals surface area contributed by atoms with Crippen LogP contribution in [-0.2, 0) is 0 Å². The van der Waals surface area contributed by atoms with Crippen LogP contribution in [-0.4, -0.2) is 48.2 Å². The summed E-state index contributed by atoms with van der Waals surface area (Å²) in [7, 11) is 0. The van der Waals surface area contributed by atoms with E-state index in [0.717, 1.165) is 37.1 Å². The fourth-order valence-corrected chi connectivity index (χ4v) is 3.67. The Bertz CT molecular complexity index is 352. The molecule has 1 heterocycles. The third kappa shape index (κ3) is 7.63. The van der Waals surface area contributed by atoms with Gasteiger partial charge in [0.1, 0.15) is 13.1 Å². The molecule has 0 radical (unpaired) electrons. The van der Waals surface area contributed by atoms with E-state index < -0.39 is 0 Å². The van der Waals surface area contributed by atoms with Crippen LogP contribution in [0.25, 0.3) is 0 Å². The highest BCUT2D eigenvalue weighted by atomic mass is 16.3. The van der Waals surface area contributed by atoms with Crippen LogP contribution in [0.15, 0.2) is 17.1 Å². The van der Waals surface area contributed by atoms with E-state index in [1.165, 1.54) is 63.6 Å². The van der Waals surface area contributed by atoms with Crippen LogP contribution in [0, 0.1) is 0 Å². The quantitative estimate of drug-likeness (QED) is 0.280. The highest BCUT2D eigenvalue weighted by molar-refractivity contribution is 5.76. The summed E-state index contributed by atoms with van der Waals surface area (Å²) in [5, 5.41) is 9.33. The van der Waals surface area contributed by atoms with Gasteiger partial charge in [0.05, 0.1) is 19.7 Å².